The van der Waals surface area contributed by atoms with Crippen molar-refractivity contribution in [3.8, 4) is 0 Å². The van der Waals surface area contributed by atoms with Gasteiger partial charge in [0.15, 0.2) is 0 Å². The Balaban J connectivity index is 1.79. The lowest BCUT2D eigenvalue weighted by molar-refractivity contribution is -0.0878. The van der Waals surface area contributed by atoms with E-state index < -0.39 is 8.88 Å². The van der Waals surface area contributed by atoms with Gasteiger partial charge in [-0.15, -0.1) is 0 Å². The van der Waals surface area contributed by atoms with Crippen molar-refractivity contribution in [1.82, 2.24) is 9.13 Å². The number of hydrogen-bond donors (Lipinski definition) is 0. The number of nitrogens with zero attached hydrogens (tertiary/aromatic N) is 2. The van der Waals surface area contributed by atoms with Crippen LogP contribution in [-0.4, -0.2) is 56.4 Å². The standard InChI is InChI=1S/C26H50N2O2Si/c1-17-19(3)23-13-9-11-15-25(23)27(21(17)5)31(29-7,30-8)28-22(6)18(2)20(4)24-14-10-12-16-26(24)28/h17-26H,9-16H2,1-8H3. The molecule has 31 heavy (non-hydrogen) atoms. The molecule has 4 rings (SSSR count). The number of hydrogen-bond acceptors (Lipinski definition) is 4. The Labute approximate surface area is 193 Å². The lowest BCUT2D eigenvalue weighted by Crippen LogP contribution is -2.81. The minimum Gasteiger partial charge on any atom is -0.374 e. The fraction of sp³-hybridized carbons (Fsp3) is 1.00. The number of rotatable bonds is 4. The summed E-state index contributed by atoms with van der Waals surface area (Å²) in [5, 5.41) is 0. The van der Waals surface area contributed by atoms with Gasteiger partial charge < -0.3 is 8.85 Å². The second-order valence-electron chi connectivity index (χ2n) is 11.7. The number of piperidine rings is 2. The summed E-state index contributed by atoms with van der Waals surface area (Å²) >= 11 is 0. The first-order valence-electron chi connectivity index (χ1n) is 13.5. The Hall–Kier alpha value is 0.0569. The molecule has 4 aliphatic rings. The largest absolute Gasteiger partial charge is 0.522 e. The molecule has 180 valence electrons. The Morgan fingerprint density at radius 1 is 0.548 bits per heavy atom. The molecule has 4 fully saturated rings. The minimum atomic E-state index is -2.76. The van der Waals surface area contributed by atoms with Crippen LogP contribution in [-0.2, 0) is 8.85 Å². The molecule has 2 saturated heterocycles. The predicted octanol–water partition coefficient (Wildman–Crippen LogP) is 5.79. The molecular formula is C26H50N2O2Si. The van der Waals surface area contributed by atoms with Crippen molar-refractivity contribution < 1.29 is 8.85 Å². The Morgan fingerprint density at radius 2 is 0.903 bits per heavy atom. The van der Waals surface area contributed by atoms with Gasteiger partial charge in [0.05, 0.1) is 0 Å². The van der Waals surface area contributed by atoms with E-state index in [2.05, 4.69) is 50.7 Å². The topological polar surface area (TPSA) is 24.9 Å². The summed E-state index contributed by atoms with van der Waals surface area (Å²) in [6, 6.07) is 2.24. The average molecular weight is 451 g/mol. The quantitative estimate of drug-likeness (QED) is 0.507. The summed E-state index contributed by atoms with van der Waals surface area (Å²) in [5.41, 5.74) is 0. The molecule has 0 N–H and O–H groups in total. The molecular weight excluding hydrogens is 400 g/mol. The van der Waals surface area contributed by atoms with Gasteiger partial charge in [0.25, 0.3) is 0 Å². The monoisotopic (exact) mass is 450 g/mol. The van der Waals surface area contributed by atoms with Crippen molar-refractivity contribution in [2.75, 3.05) is 14.2 Å². The molecule has 5 heteroatoms. The fourth-order valence-corrected chi connectivity index (χ4v) is 12.8. The molecule has 2 aliphatic carbocycles. The van der Waals surface area contributed by atoms with E-state index >= 15 is 0 Å². The van der Waals surface area contributed by atoms with Crippen LogP contribution < -0.4 is 0 Å². The summed E-state index contributed by atoms with van der Waals surface area (Å²) < 4.78 is 19.2. The lowest BCUT2D eigenvalue weighted by atomic mass is 9.67. The first kappa shape index (κ1) is 24.2. The molecule has 0 bridgehead atoms. The smallest absolute Gasteiger partial charge is 0.374 e. The van der Waals surface area contributed by atoms with E-state index in [0.29, 0.717) is 36.0 Å². The highest BCUT2D eigenvalue weighted by atomic mass is 28.4. The van der Waals surface area contributed by atoms with Gasteiger partial charge in [0.1, 0.15) is 0 Å². The molecule has 2 saturated carbocycles. The van der Waals surface area contributed by atoms with Crippen LogP contribution in [0, 0.1) is 35.5 Å². The van der Waals surface area contributed by atoms with E-state index in [1.165, 1.54) is 51.4 Å². The Kier molecular flexibility index (Phi) is 7.31. The molecule has 0 radical (unpaired) electrons. The van der Waals surface area contributed by atoms with Gasteiger partial charge >= 0.3 is 8.88 Å². The van der Waals surface area contributed by atoms with Crippen molar-refractivity contribution in [2.24, 2.45) is 35.5 Å². The summed E-state index contributed by atoms with van der Waals surface area (Å²) in [6.45, 7) is 15.0. The third kappa shape index (κ3) is 3.69. The zero-order valence-electron chi connectivity index (χ0n) is 21.6. The van der Waals surface area contributed by atoms with E-state index in [4.69, 9.17) is 8.85 Å². The molecule has 0 aromatic carbocycles. The minimum absolute atomic E-state index is 0.504. The second kappa shape index (κ2) is 9.36. The van der Waals surface area contributed by atoms with Crippen molar-refractivity contribution in [3.63, 3.8) is 0 Å². The van der Waals surface area contributed by atoms with Gasteiger partial charge in [-0.2, -0.15) is 0 Å². The summed E-state index contributed by atoms with van der Waals surface area (Å²) in [6.07, 6.45) is 10.9. The molecule has 0 spiro atoms. The second-order valence-corrected chi connectivity index (χ2v) is 14.7. The van der Waals surface area contributed by atoms with Crippen LogP contribution in [0.5, 0.6) is 0 Å². The third-order valence-corrected chi connectivity index (χ3v) is 14.7. The van der Waals surface area contributed by atoms with Crippen LogP contribution >= 0.6 is 0 Å². The van der Waals surface area contributed by atoms with Gasteiger partial charge in [-0.25, -0.2) is 0 Å². The van der Waals surface area contributed by atoms with E-state index in [1.54, 1.807) is 0 Å². The molecule has 2 heterocycles. The molecule has 0 amide bonds. The highest BCUT2D eigenvalue weighted by Crippen LogP contribution is 2.51. The average Bonchev–Trinajstić information content (AvgIpc) is 2.80. The van der Waals surface area contributed by atoms with Gasteiger partial charge in [-0.1, -0.05) is 53.4 Å². The maximum absolute atomic E-state index is 6.74. The zero-order chi connectivity index (χ0) is 22.5. The first-order chi connectivity index (χ1) is 14.8. The number of fused-ring (bicyclic) bond motifs is 2. The van der Waals surface area contributed by atoms with Crippen molar-refractivity contribution in [2.45, 2.75) is 117 Å². The third-order valence-electron chi connectivity index (χ3n) is 10.9. The van der Waals surface area contributed by atoms with Crippen molar-refractivity contribution >= 4 is 8.88 Å². The maximum Gasteiger partial charge on any atom is 0.522 e. The fourth-order valence-electron chi connectivity index (χ4n) is 8.54. The van der Waals surface area contributed by atoms with Crippen LogP contribution in [0.2, 0.25) is 0 Å². The van der Waals surface area contributed by atoms with E-state index in [9.17, 15) is 0 Å². The first-order valence-corrected chi connectivity index (χ1v) is 15.2. The normalized spacial score (nSPS) is 47.6. The van der Waals surface area contributed by atoms with E-state index in [0.717, 1.165) is 23.7 Å². The van der Waals surface area contributed by atoms with E-state index in [-0.39, 0.29) is 0 Å². The summed E-state index contributed by atoms with van der Waals surface area (Å²) in [5.74, 6) is 4.51. The van der Waals surface area contributed by atoms with E-state index in [1.807, 2.05) is 14.2 Å². The summed E-state index contributed by atoms with van der Waals surface area (Å²) in [7, 11) is 1.18. The van der Waals surface area contributed by atoms with Crippen LogP contribution in [0.25, 0.3) is 0 Å². The predicted molar refractivity (Wildman–Crippen MR) is 131 cm³/mol. The van der Waals surface area contributed by atoms with Crippen LogP contribution in [0.3, 0.4) is 0 Å². The molecule has 4 nitrogen and oxygen atoms in total. The maximum atomic E-state index is 6.74. The van der Waals surface area contributed by atoms with Crippen molar-refractivity contribution in [1.29, 1.82) is 0 Å². The Morgan fingerprint density at radius 3 is 1.26 bits per heavy atom. The lowest BCUT2D eigenvalue weighted by Gasteiger charge is -2.64. The highest BCUT2D eigenvalue weighted by molar-refractivity contribution is 6.62. The zero-order valence-corrected chi connectivity index (χ0v) is 22.6. The van der Waals surface area contributed by atoms with Crippen LogP contribution in [0.1, 0.15) is 92.9 Å². The molecule has 0 aromatic rings. The van der Waals surface area contributed by atoms with Gasteiger partial charge in [0.2, 0.25) is 0 Å². The molecule has 0 aromatic heterocycles. The molecule has 10 unspecified atom stereocenters. The summed E-state index contributed by atoms with van der Waals surface area (Å²) in [4.78, 5) is 0. The van der Waals surface area contributed by atoms with Crippen LogP contribution in [0.15, 0.2) is 0 Å². The van der Waals surface area contributed by atoms with Crippen LogP contribution in [0.4, 0.5) is 0 Å². The Bertz CT molecular complexity index is 566. The highest BCUT2D eigenvalue weighted by Gasteiger charge is 2.64. The van der Waals surface area contributed by atoms with Crippen molar-refractivity contribution in [3.05, 3.63) is 0 Å². The van der Waals surface area contributed by atoms with Gasteiger partial charge in [-0.3, -0.25) is 9.13 Å². The SMILES string of the molecule is CO[Si](OC)(N1C(C)C(C)C(C)C2CCCCC21)N1C(C)C(C)C(C)C2CCCCC21. The van der Waals surface area contributed by atoms with Gasteiger partial charge in [-0.05, 0) is 75.0 Å². The van der Waals surface area contributed by atoms with Gasteiger partial charge in [0, 0.05) is 38.4 Å². The molecule has 10 atom stereocenters. The molecule has 2 aliphatic heterocycles.